The number of rotatable bonds is 7. The number of piperidine rings is 1. The smallest absolute Gasteiger partial charge is 0.319 e. The molecule has 126 valence electrons. The second kappa shape index (κ2) is 9.30. The summed E-state index contributed by atoms with van der Waals surface area (Å²) in [5.41, 5.74) is 1.01. The highest BCUT2D eigenvalue weighted by Gasteiger charge is 2.21. The van der Waals surface area contributed by atoms with Crippen LogP contribution in [0.25, 0.3) is 0 Å². The highest BCUT2D eigenvalue weighted by Crippen LogP contribution is 2.22. The van der Waals surface area contributed by atoms with E-state index < -0.39 is 0 Å². The molecule has 0 N–H and O–H groups in total. The number of likely N-dealkylation sites (tertiary alicyclic amines) is 1. The number of carbonyl (C=O) groups excluding carboxylic acids is 2. The van der Waals surface area contributed by atoms with E-state index in [1.54, 1.807) is 0 Å². The standard InChI is InChI=1S/C18H25NO4/c1-22-18(21)13-19-11-9-15(10-12-19)7-8-17(20)23-14-16-5-3-2-4-6-16/h2-6,15H,7-14H2,1H3. The summed E-state index contributed by atoms with van der Waals surface area (Å²) in [5, 5.41) is 0. The van der Waals surface area contributed by atoms with E-state index in [2.05, 4.69) is 9.64 Å². The van der Waals surface area contributed by atoms with E-state index in [1.165, 1.54) is 7.11 Å². The lowest BCUT2D eigenvalue weighted by molar-refractivity contribution is -0.145. The molecule has 1 aromatic carbocycles. The predicted octanol–water partition coefficient (Wildman–Crippen LogP) is 2.40. The van der Waals surface area contributed by atoms with E-state index in [1.807, 2.05) is 30.3 Å². The maximum atomic E-state index is 11.8. The monoisotopic (exact) mass is 319 g/mol. The highest BCUT2D eigenvalue weighted by molar-refractivity contribution is 5.71. The maximum Gasteiger partial charge on any atom is 0.319 e. The Morgan fingerprint density at radius 2 is 1.83 bits per heavy atom. The van der Waals surface area contributed by atoms with Gasteiger partial charge in [0.15, 0.2) is 0 Å². The normalized spacial score (nSPS) is 16.0. The SMILES string of the molecule is COC(=O)CN1CCC(CCC(=O)OCc2ccccc2)CC1. The number of hydrogen-bond acceptors (Lipinski definition) is 5. The number of methoxy groups -OCH3 is 1. The van der Waals surface area contributed by atoms with E-state index in [-0.39, 0.29) is 11.9 Å². The number of benzene rings is 1. The van der Waals surface area contributed by atoms with Crippen molar-refractivity contribution < 1.29 is 19.1 Å². The lowest BCUT2D eigenvalue weighted by atomic mass is 9.92. The molecule has 0 aliphatic carbocycles. The van der Waals surface area contributed by atoms with Crippen molar-refractivity contribution in [2.24, 2.45) is 5.92 Å². The maximum absolute atomic E-state index is 11.8. The number of nitrogens with zero attached hydrogens (tertiary/aromatic N) is 1. The van der Waals surface area contributed by atoms with Crippen LogP contribution >= 0.6 is 0 Å². The van der Waals surface area contributed by atoms with Crippen molar-refractivity contribution in [1.29, 1.82) is 0 Å². The average molecular weight is 319 g/mol. The van der Waals surface area contributed by atoms with Crippen LogP contribution in [0.2, 0.25) is 0 Å². The molecular weight excluding hydrogens is 294 g/mol. The summed E-state index contributed by atoms with van der Waals surface area (Å²) >= 11 is 0. The summed E-state index contributed by atoms with van der Waals surface area (Å²) in [6.07, 6.45) is 3.36. The number of carbonyl (C=O) groups is 2. The van der Waals surface area contributed by atoms with Crippen LogP contribution in [0.4, 0.5) is 0 Å². The second-order valence-corrected chi connectivity index (χ2v) is 5.98. The third-order valence-corrected chi connectivity index (χ3v) is 4.29. The van der Waals surface area contributed by atoms with Gasteiger partial charge in [0.2, 0.25) is 0 Å². The van der Waals surface area contributed by atoms with Gasteiger partial charge in [0, 0.05) is 6.42 Å². The molecule has 1 saturated heterocycles. The fraction of sp³-hybridized carbons (Fsp3) is 0.556. The summed E-state index contributed by atoms with van der Waals surface area (Å²) in [4.78, 5) is 25.2. The van der Waals surface area contributed by atoms with Crippen LogP contribution in [0, 0.1) is 5.92 Å². The predicted molar refractivity (Wildman–Crippen MR) is 86.7 cm³/mol. The van der Waals surface area contributed by atoms with Crippen LogP contribution in [0.15, 0.2) is 30.3 Å². The first-order chi connectivity index (χ1) is 11.2. The minimum Gasteiger partial charge on any atom is -0.468 e. The van der Waals surface area contributed by atoms with Gasteiger partial charge >= 0.3 is 11.9 Å². The molecule has 0 bridgehead atoms. The first-order valence-electron chi connectivity index (χ1n) is 8.16. The molecule has 1 aliphatic rings. The van der Waals surface area contributed by atoms with Gasteiger partial charge in [0.25, 0.3) is 0 Å². The van der Waals surface area contributed by atoms with Crippen molar-refractivity contribution in [2.75, 3.05) is 26.7 Å². The Balaban J connectivity index is 1.59. The van der Waals surface area contributed by atoms with Crippen molar-refractivity contribution in [2.45, 2.75) is 32.3 Å². The van der Waals surface area contributed by atoms with Gasteiger partial charge in [0.1, 0.15) is 6.61 Å². The molecule has 23 heavy (non-hydrogen) atoms. The van der Waals surface area contributed by atoms with Crippen molar-refractivity contribution in [1.82, 2.24) is 4.90 Å². The largest absolute Gasteiger partial charge is 0.468 e. The van der Waals surface area contributed by atoms with E-state index in [4.69, 9.17) is 4.74 Å². The van der Waals surface area contributed by atoms with Gasteiger partial charge < -0.3 is 9.47 Å². The summed E-state index contributed by atoms with van der Waals surface area (Å²) in [5.74, 6) is 0.215. The van der Waals surface area contributed by atoms with Crippen LogP contribution in [-0.2, 0) is 25.7 Å². The average Bonchev–Trinajstić information content (AvgIpc) is 2.60. The number of esters is 2. The molecule has 0 amide bonds. The van der Waals surface area contributed by atoms with Gasteiger partial charge in [-0.3, -0.25) is 14.5 Å². The third kappa shape index (κ3) is 6.40. The van der Waals surface area contributed by atoms with E-state index in [0.717, 1.165) is 37.9 Å². The molecule has 5 nitrogen and oxygen atoms in total. The highest BCUT2D eigenvalue weighted by atomic mass is 16.5. The van der Waals surface area contributed by atoms with Gasteiger partial charge in [-0.05, 0) is 43.8 Å². The molecule has 0 aromatic heterocycles. The molecule has 2 rings (SSSR count). The molecule has 0 atom stereocenters. The molecule has 0 unspecified atom stereocenters. The van der Waals surface area contributed by atoms with Crippen LogP contribution in [0.3, 0.4) is 0 Å². The van der Waals surface area contributed by atoms with Crippen LogP contribution < -0.4 is 0 Å². The summed E-state index contributed by atoms with van der Waals surface area (Å²) in [7, 11) is 1.41. The third-order valence-electron chi connectivity index (χ3n) is 4.29. The van der Waals surface area contributed by atoms with Gasteiger partial charge in [-0.15, -0.1) is 0 Å². The Hall–Kier alpha value is -1.88. The van der Waals surface area contributed by atoms with Gasteiger partial charge in [-0.25, -0.2) is 0 Å². The van der Waals surface area contributed by atoms with Crippen LogP contribution in [0.5, 0.6) is 0 Å². The fourth-order valence-corrected chi connectivity index (χ4v) is 2.81. The molecule has 1 fully saturated rings. The summed E-state index contributed by atoms with van der Waals surface area (Å²) in [6, 6.07) is 9.71. The molecule has 0 radical (unpaired) electrons. The first kappa shape index (κ1) is 17.5. The lowest BCUT2D eigenvalue weighted by Crippen LogP contribution is -2.37. The Bertz CT molecular complexity index is 495. The molecule has 1 aliphatic heterocycles. The molecule has 1 heterocycles. The number of hydrogen-bond donors (Lipinski definition) is 0. The van der Waals surface area contributed by atoms with Crippen molar-refractivity contribution in [3.63, 3.8) is 0 Å². The molecule has 1 aromatic rings. The topological polar surface area (TPSA) is 55.8 Å². The van der Waals surface area contributed by atoms with E-state index in [9.17, 15) is 9.59 Å². The zero-order valence-corrected chi connectivity index (χ0v) is 13.7. The second-order valence-electron chi connectivity index (χ2n) is 5.98. The van der Waals surface area contributed by atoms with Crippen molar-refractivity contribution in [3.05, 3.63) is 35.9 Å². The minimum atomic E-state index is -0.187. The number of ether oxygens (including phenoxy) is 2. The fourth-order valence-electron chi connectivity index (χ4n) is 2.81. The van der Waals surface area contributed by atoms with Crippen LogP contribution in [-0.4, -0.2) is 43.6 Å². The quantitative estimate of drug-likeness (QED) is 0.722. The van der Waals surface area contributed by atoms with Crippen molar-refractivity contribution >= 4 is 11.9 Å². The van der Waals surface area contributed by atoms with Gasteiger partial charge in [0.05, 0.1) is 13.7 Å². The van der Waals surface area contributed by atoms with Gasteiger partial charge in [-0.1, -0.05) is 30.3 Å². The van der Waals surface area contributed by atoms with Crippen LogP contribution in [0.1, 0.15) is 31.2 Å². The molecule has 0 saturated carbocycles. The Kier molecular flexibility index (Phi) is 7.07. The summed E-state index contributed by atoms with van der Waals surface area (Å²) in [6.45, 7) is 2.48. The van der Waals surface area contributed by atoms with E-state index in [0.29, 0.717) is 25.5 Å². The Morgan fingerprint density at radius 3 is 2.48 bits per heavy atom. The molecular formula is C18H25NO4. The summed E-state index contributed by atoms with van der Waals surface area (Å²) < 4.78 is 9.98. The Labute approximate surface area is 137 Å². The Morgan fingerprint density at radius 1 is 1.13 bits per heavy atom. The molecule has 5 heteroatoms. The zero-order valence-electron chi connectivity index (χ0n) is 13.7. The lowest BCUT2D eigenvalue weighted by Gasteiger charge is -2.30. The molecule has 0 spiro atoms. The van der Waals surface area contributed by atoms with Crippen molar-refractivity contribution in [3.8, 4) is 0 Å². The van der Waals surface area contributed by atoms with E-state index >= 15 is 0 Å². The first-order valence-corrected chi connectivity index (χ1v) is 8.16. The zero-order chi connectivity index (χ0) is 16.5. The van der Waals surface area contributed by atoms with Gasteiger partial charge in [-0.2, -0.15) is 0 Å². The minimum absolute atomic E-state index is 0.133.